The number of epoxide rings is 2. The number of esters is 2. The van der Waals surface area contributed by atoms with Gasteiger partial charge in [-0.2, -0.15) is 0 Å². The summed E-state index contributed by atoms with van der Waals surface area (Å²) >= 11 is 0. The van der Waals surface area contributed by atoms with Crippen molar-refractivity contribution in [2.45, 2.75) is 128 Å². The van der Waals surface area contributed by atoms with Gasteiger partial charge in [0.2, 0.25) is 0 Å². The largest absolute Gasteiger partial charge is 0.465 e. The van der Waals surface area contributed by atoms with Gasteiger partial charge in [0.1, 0.15) is 0 Å². The second kappa shape index (κ2) is 16.2. The smallest absolute Gasteiger partial charge is 0.309 e. The van der Waals surface area contributed by atoms with Crippen molar-refractivity contribution in [1.82, 2.24) is 0 Å². The topological polar surface area (TPSA) is 96.1 Å². The average molecular weight is 593 g/mol. The van der Waals surface area contributed by atoms with Gasteiger partial charge in [-0.15, -0.1) is 0 Å². The van der Waals surface area contributed by atoms with Crippen LogP contribution in [0.5, 0.6) is 0 Å². The van der Waals surface area contributed by atoms with Gasteiger partial charge in [0, 0.05) is 39.3 Å². The van der Waals surface area contributed by atoms with Gasteiger partial charge < -0.3 is 28.4 Å². The molecule has 2 heterocycles. The van der Waals surface area contributed by atoms with Gasteiger partial charge in [-0.05, 0) is 108 Å². The molecule has 8 nitrogen and oxygen atoms in total. The standard InChI is InChI=1S/2C12H20O4.C10H16/c2*1-2-14-6-3-7-15-12(13)9-4-5-10-11(8-9)16-10;1-2-9-7-4-5-8(6-7)10(9)3-1/h2*9-11H,2-8H2,1H3;7-10H,1-6H2. The summed E-state index contributed by atoms with van der Waals surface area (Å²) in [7, 11) is 0. The van der Waals surface area contributed by atoms with Crippen LogP contribution in [-0.2, 0) is 38.0 Å². The molecule has 240 valence electrons. The van der Waals surface area contributed by atoms with Crippen LogP contribution in [0.4, 0.5) is 0 Å². The molecular formula is C34H56O8. The van der Waals surface area contributed by atoms with Crippen molar-refractivity contribution < 1.29 is 38.0 Å². The van der Waals surface area contributed by atoms with E-state index in [1.54, 1.807) is 38.5 Å². The van der Waals surface area contributed by atoms with Crippen molar-refractivity contribution in [3.05, 3.63) is 0 Å². The maximum atomic E-state index is 11.7. The number of rotatable bonds is 12. The molecule has 5 saturated carbocycles. The Hall–Kier alpha value is -1.22. The Balaban J connectivity index is 0.000000129. The van der Waals surface area contributed by atoms with E-state index in [4.69, 9.17) is 28.4 Å². The van der Waals surface area contributed by atoms with Crippen molar-refractivity contribution in [1.29, 1.82) is 0 Å². The third-order valence-corrected chi connectivity index (χ3v) is 10.8. The van der Waals surface area contributed by atoms with Crippen LogP contribution in [0.2, 0.25) is 0 Å². The Morgan fingerprint density at radius 2 is 1.05 bits per heavy atom. The fraction of sp³-hybridized carbons (Fsp3) is 0.941. The molecule has 0 spiro atoms. The van der Waals surface area contributed by atoms with Crippen molar-refractivity contribution in [2.75, 3.05) is 39.6 Å². The Morgan fingerprint density at radius 3 is 1.48 bits per heavy atom. The summed E-state index contributed by atoms with van der Waals surface area (Å²) in [5.41, 5.74) is 0. The average Bonchev–Trinajstić information content (AvgIpc) is 3.79. The van der Waals surface area contributed by atoms with Crippen LogP contribution in [-0.4, -0.2) is 76.0 Å². The van der Waals surface area contributed by atoms with Crippen LogP contribution in [0.25, 0.3) is 0 Å². The van der Waals surface area contributed by atoms with E-state index in [0.29, 0.717) is 50.8 Å². The SMILES string of the molecule is C1CC2C3CCC(C3)C2C1.CCOCCCOC(=O)C1CCC2OC2C1.CCOCCCOC(=O)C1CCC2OC2C1. The highest BCUT2D eigenvalue weighted by Crippen LogP contribution is 2.58. The maximum Gasteiger partial charge on any atom is 0.309 e. The third-order valence-electron chi connectivity index (χ3n) is 10.8. The second-order valence-electron chi connectivity index (χ2n) is 13.5. The highest BCUT2D eigenvalue weighted by molar-refractivity contribution is 5.73. The predicted octanol–water partition coefficient (Wildman–Crippen LogP) is 5.88. The molecule has 2 bridgehead atoms. The van der Waals surface area contributed by atoms with Crippen molar-refractivity contribution in [3.8, 4) is 0 Å². The molecule has 0 amide bonds. The van der Waals surface area contributed by atoms with Crippen molar-refractivity contribution >= 4 is 11.9 Å². The number of fused-ring (bicyclic) bond motifs is 7. The molecule has 0 radical (unpaired) electrons. The normalized spacial score (nSPS) is 38.0. The summed E-state index contributed by atoms with van der Waals surface area (Å²) < 4.78 is 31.6. The zero-order chi connectivity index (χ0) is 29.3. The van der Waals surface area contributed by atoms with Crippen LogP contribution in [0.15, 0.2) is 0 Å². The Kier molecular flexibility index (Phi) is 12.4. The molecule has 0 N–H and O–H groups in total. The first kappa shape index (κ1) is 32.2. The number of hydrogen-bond acceptors (Lipinski definition) is 8. The number of carbonyl (C=O) groups is 2. The third kappa shape index (κ3) is 9.15. The summed E-state index contributed by atoms with van der Waals surface area (Å²) in [6.45, 7) is 7.65. The van der Waals surface area contributed by atoms with Gasteiger partial charge in [-0.1, -0.05) is 6.42 Å². The van der Waals surface area contributed by atoms with Gasteiger partial charge in [0.05, 0.1) is 49.5 Å². The first-order valence-electron chi connectivity index (χ1n) is 17.4. The molecule has 0 aromatic carbocycles. The molecule has 7 aliphatic rings. The highest BCUT2D eigenvalue weighted by atomic mass is 16.6. The first-order chi connectivity index (χ1) is 20.6. The zero-order valence-electron chi connectivity index (χ0n) is 26.2. The van der Waals surface area contributed by atoms with Gasteiger partial charge in [0.15, 0.2) is 0 Å². The van der Waals surface area contributed by atoms with Crippen LogP contribution in [0.1, 0.15) is 104 Å². The molecule has 0 aromatic heterocycles. The van der Waals surface area contributed by atoms with E-state index < -0.39 is 0 Å². The van der Waals surface area contributed by atoms with Crippen molar-refractivity contribution in [3.63, 3.8) is 0 Å². The van der Waals surface area contributed by atoms with Crippen LogP contribution >= 0.6 is 0 Å². The Morgan fingerprint density at radius 1 is 0.571 bits per heavy atom. The van der Waals surface area contributed by atoms with E-state index >= 15 is 0 Å². The Bertz CT molecular complexity index is 783. The lowest BCUT2D eigenvalue weighted by atomic mass is 9.82. The minimum Gasteiger partial charge on any atom is -0.465 e. The minimum atomic E-state index is -0.0505. The van der Waals surface area contributed by atoms with Crippen molar-refractivity contribution in [2.24, 2.45) is 35.5 Å². The highest BCUT2D eigenvalue weighted by Gasteiger charge is 2.49. The maximum absolute atomic E-state index is 11.7. The lowest BCUT2D eigenvalue weighted by Crippen LogP contribution is -2.24. The zero-order valence-corrected chi connectivity index (χ0v) is 26.2. The van der Waals surface area contributed by atoms with E-state index in [0.717, 1.165) is 64.6 Å². The Labute approximate surface area is 253 Å². The number of hydrogen-bond donors (Lipinski definition) is 0. The molecule has 2 saturated heterocycles. The van der Waals surface area contributed by atoms with E-state index in [-0.39, 0.29) is 23.8 Å². The van der Waals surface area contributed by atoms with E-state index in [1.165, 1.54) is 23.7 Å². The van der Waals surface area contributed by atoms with Crippen LogP contribution in [0, 0.1) is 35.5 Å². The molecule has 2 aliphatic heterocycles. The quantitative estimate of drug-likeness (QED) is 0.158. The van der Waals surface area contributed by atoms with Crippen LogP contribution in [0.3, 0.4) is 0 Å². The predicted molar refractivity (Wildman–Crippen MR) is 158 cm³/mol. The molecule has 42 heavy (non-hydrogen) atoms. The molecule has 0 aromatic rings. The first-order valence-corrected chi connectivity index (χ1v) is 17.4. The summed E-state index contributed by atoms with van der Waals surface area (Å²) in [5.74, 6) is 4.83. The summed E-state index contributed by atoms with van der Waals surface area (Å²) in [6, 6.07) is 0. The van der Waals surface area contributed by atoms with Gasteiger partial charge in [0.25, 0.3) is 0 Å². The fourth-order valence-corrected chi connectivity index (χ4v) is 8.45. The monoisotopic (exact) mass is 592 g/mol. The molecule has 8 heteroatoms. The van der Waals surface area contributed by atoms with E-state index in [2.05, 4.69) is 0 Å². The van der Waals surface area contributed by atoms with Gasteiger partial charge in [-0.25, -0.2) is 0 Å². The lowest BCUT2D eigenvalue weighted by Gasteiger charge is -2.23. The van der Waals surface area contributed by atoms with E-state index in [9.17, 15) is 9.59 Å². The molecule has 7 rings (SSSR count). The van der Waals surface area contributed by atoms with Gasteiger partial charge in [-0.3, -0.25) is 9.59 Å². The molecule has 7 fully saturated rings. The lowest BCUT2D eigenvalue weighted by molar-refractivity contribution is -0.150. The number of ether oxygens (including phenoxy) is 6. The molecule has 10 unspecified atom stereocenters. The molecule has 10 atom stereocenters. The van der Waals surface area contributed by atoms with Gasteiger partial charge >= 0.3 is 11.9 Å². The second-order valence-corrected chi connectivity index (χ2v) is 13.5. The minimum absolute atomic E-state index is 0.0505. The van der Waals surface area contributed by atoms with Crippen LogP contribution < -0.4 is 0 Å². The molecular weight excluding hydrogens is 536 g/mol. The summed E-state index contributed by atoms with van der Waals surface area (Å²) in [5, 5.41) is 0. The molecule has 5 aliphatic carbocycles. The summed E-state index contributed by atoms with van der Waals surface area (Å²) in [6.07, 6.45) is 18.3. The number of carbonyl (C=O) groups excluding carboxylic acids is 2. The van der Waals surface area contributed by atoms with E-state index in [1.807, 2.05) is 13.8 Å². The summed E-state index contributed by atoms with van der Waals surface area (Å²) in [4.78, 5) is 23.4. The fourth-order valence-electron chi connectivity index (χ4n) is 8.45.